The van der Waals surface area contributed by atoms with E-state index in [9.17, 15) is 39.0 Å². The first-order valence-electron chi connectivity index (χ1n) is 16.7. The number of nitrogens with one attached hydrogen (secondary N) is 5. The van der Waals surface area contributed by atoms with Crippen LogP contribution in [0.4, 0.5) is 5.69 Å². The van der Waals surface area contributed by atoms with E-state index in [4.69, 9.17) is 0 Å². The number of thiophene rings is 1. The molecule has 0 fully saturated rings. The van der Waals surface area contributed by atoms with Gasteiger partial charge in [-0.25, -0.2) is 4.79 Å². The summed E-state index contributed by atoms with van der Waals surface area (Å²) in [5, 5.41) is 35.2. The summed E-state index contributed by atoms with van der Waals surface area (Å²) in [5.74, 6) is -4.45. The van der Waals surface area contributed by atoms with E-state index in [0.29, 0.717) is 22.4 Å². The Morgan fingerprint density at radius 2 is 1.21 bits per heavy atom. The van der Waals surface area contributed by atoms with Crippen molar-refractivity contribution in [1.82, 2.24) is 21.3 Å². The number of carboxylic acids is 1. The van der Waals surface area contributed by atoms with Crippen LogP contribution < -0.4 is 26.6 Å². The number of carbonyl (C=O) groups excluding carboxylic acids is 5. The van der Waals surface area contributed by atoms with Crippen LogP contribution in [0.3, 0.4) is 0 Å². The van der Waals surface area contributed by atoms with Gasteiger partial charge in [-0.05, 0) is 52.4 Å². The Morgan fingerprint density at radius 3 is 1.81 bits per heavy atom. The number of aromatic hydroxyl groups is 1. The molecule has 0 saturated heterocycles. The smallest absolute Gasteiger partial charge is 0.326 e. The quantitative estimate of drug-likeness (QED) is 0.141. The fourth-order valence-corrected chi connectivity index (χ4v) is 6.42. The molecule has 52 heavy (non-hydrogen) atoms. The SMILES string of the molecule is O=C1CCC(=O)N[C@H](Cc2cccs2)C(=O)N[C@@H](Cc2ccc(O)cc2)C(=O)N[C@H](Cc2ccccc2)C(=O)N[C@@H](C(=O)O)Cc2ccc(cc2)N1. The highest BCUT2D eigenvalue weighted by atomic mass is 32.1. The van der Waals surface area contributed by atoms with Crippen LogP contribution in [0.15, 0.2) is 96.4 Å². The third-order valence-electron chi connectivity index (χ3n) is 8.43. The number of hydrogen-bond donors (Lipinski definition) is 7. The van der Waals surface area contributed by atoms with Crippen molar-refractivity contribution in [3.05, 3.63) is 118 Å². The zero-order valence-electron chi connectivity index (χ0n) is 28.0. The number of fused-ring (bicyclic) bond motifs is 18. The maximum Gasteiger partial charge on any atom is 0.326 e. The van der Waals surface area contributed by atoms with E-state index in [0.717, 1.165) is 4.88 Å². The molecule has 4 aromatic rings. The summed E-state index contributed by atoms with van der Waals surface area (Å²) in [7, 11) is 0. The zero-order chi connectivity index (χ0) is 37.0. The molecule has 13 nitrogen and oxygen atoms in total. The van der Waals surface area contributed by atoms with Crippen molar-refractivity contribution in [2.75, 3.05) is 5.32 Å². The lowest BCUT2D eigenvalue weighted by atomic mass is 10.0. The minimum absolute atomic E-state index is 0.00000142. The summed E-state index contributed by atoms with van der Waals surface area (Å²) < 4.78 is 0. The summed E-state index contributed by atoms with van der Waals surface area (Å²) >= 11 is 1.38. The number of phenolic OH excluding ortho intramolecular Hbond substituents is 1. The minimum Gasteiger partial charge on any atom is -0.508 e. The van der Waals surface area contributed by atoms with Crippen LogP contribution in [0, 0.1) is 0 Å². The number of rotatable bonds is 7. The highest BCUT2D eigenvalue weighted by Gasteiger charge is 2.32. The van der Waals surface area contributed by atoms with Crippen LogP contribution in [0.25, 0.3) is 0 Å². The van der Waals surface area contributed by atoms with Crippen LogP contribution in [0.2, 0.25) is 0 Å². The van der Waals surface area contributed by atoms with Crippen LogP contribution in [-0.4, -0.2) is 69.9 Å². The summed E-state index contributed by atoms with van der Waals surface area (Å²) in [6, 6.07) is 19.9. The molecule has 5 amide bonds. The van der Waals surface area contributed by atoms with Crippen LogP contribution in [-0.2, 0) is 54.5 Å². The first kappa shape index (κ1) is 37.2. The molecule has 3 heterocycles. The van der Waals surface area contributed by atoms with Crippen LogP contribution in [0.5, 0.6) is 5.75 Å². The van der Waals surface area contributed by atoms with E-state index in [1.54, 1.807) is 78.9 Å². The molecule has 0 aliphatic carbocycles. The van der Waals surface area contributed by atoms with E-state index in [1.165, 1.54) is 23.5 Å². The summed E-state index contributed by atoms with van der Waals surface area (Å²) in [4.78, 5) is 80.8. The number of carbonyl (C=O) groups is 6. The van der Waals surface area contributed by atoms with Gasteiger partial charge in [0, 0.05) is 49.1 Å². The summed E-state index contributed by atoms with van der Waals surface area (Å²) in [5.41, 5.74) is 2.26. The first-order valence-corrected chi connectivity index (χ1v) is 17.6. The Bertz CT molecular complexity index is 1870. The molecule has 6 rings (SSSR count). The topological polar surface area (TPSA) is 203 Å². The lowest BCUT2D eigenvalue weighted by molar-refractivity contribution is -0.142. The number of benzene rings is 3. The molecule has 2 aliphatic rings. The first-order chi connectivity index (χ1) is 25.0. The molecule has 0 radical (unpaired) electrons. The Hall–Kier alpha value is -6.02. The Kier molecular flexibility index (Phi) is 12.7. The molecule has 0 saturated carbocycles. The van der Waals surface area contributed by atoms with E-state index in [2.05, 4.69) is 26.6 Å². The van der Waals surface area contributed by atoms with Crippen molar-refractivity contribution in [1.29, 1.82) is 0 Å². The Morgan fingerprint density at radius 1 is 0.635 bits per heavy atom. The van der Waals surface area contributed by atoms with Crippen molar-refractivity contribution in [3.63, 3.8) is 0 Å². The van der Waals surface area contributed by atoms with Gasteiger partial charge in [0.05, 0.1) is 0 Å². The number of amides is 5. The van der Waals surface area contributed by atoms with Gasteiger partial charge in [-0.1, -0.05) is 60.7 Å². The molecule has 2 aliphatic heterocycles. The molecular weight excluding hydrogens is 687 g/mol. The van der Waals surface area contributed by atoms with E-state index >= 15 is 0 Å². The molecule has 2 bridgehead atoms. The minimum atomic E-state index is -1.36. The summed E-state index contributed by atoms with van der Waals surface area (Å²) in [6.07, 6.45) is -0.419. The molecule has 4 atom stereocenters. The second-order valence-electron chi connectivity index (χ2n) is 12.4. The van der Waals surface area contributed by atoms with Gasteiger partial charge in [0.15, 0.2) is 0 Å². The maximum atomic E-state index is 14.1. The van der Waals surface area contributed by atoms with E-state index in [-0.39, 0.29) is 44.3 Å². The predicted molar refractivity (Wildman–Crippen MR) is 193 cm³/mol. The van der Waals surface area contributed by atoms with E-state index in [1.807, 2.05) is 5.38 Å². The Balaban J connectivity index is 1.50. The van der Waals surface area contributed by atoms with Crippen molar-refractivity contribution in [3.8, 4) is 5.75 Å². The predicted octanol–water partition coefficient (Wildman–Crippen LogP) is 2.48. The van der Waals surface area contributed by atoms with Crippen molar-refractivity contribution in [2.45, 2.75) is 62.7 Å². The number of phenols is 1. The van der Waals surface area contributed by atoms with Crippen molar-refractivity contribution < 1.29 is 39.0 Å². The van der Waals surface area contributed by atoms with Gasteiger partial charge < -0.3 is 36.8 Å². The van der Waals surface area contributed by atoms with E-state index < -0.39 is 59.7 Å². The van der Waals surface area contributed by atoms with Crippen molar-refractivity contribution >= 4 is 52.5 Å². The molecule has 0 unspecified atom stereocenters. The van der Waals surface area contributed by atoms with Gasteiger partial charge in [-0.15, -0.1) is 11.3 Å². The number of anilines is 1. The van der Waals surface area contributed by atoms with Gasteiger partial charge in [0.25, 0.3) is 0 Å². The third-order valence-corrected chi connectivity index (χ3v) is 9.33. The van der Waals surface area contributed by atoms with Crippen LogP contribution in [0.1, 0.15) is 34.4 Å². The molecule has 3 aromatic carbocycles. The molecule has 1 aromatic heterocycles. The fraction of sp³-hybridized carbons (Fsp3) is 0.263. The normalized spacial score (nSPS) is 20.7. The average Bonchev–Trinajstić information content (AvgIpc) is 3.64. The molecule has 270 valence electrons. The molecule has 14 heteroatoms. The molecule has 7 N–H and O–H groups in total. The third kappa shape index (κ3) is 11.0. The van der Waals surface area contributed by atoms with Gasteiger partial charge >= 0.3 is 5.97 Å². The van der Waals surface area contributed by atoms with Crippen molar-refractivity contribution in [2.24, 2.45) is 0 Å². The Labute approximate surface area is 303 Å². The zero-order valence-corrected chi connectivity index (χ0v) is 28.9. The standard InChI is InChI=1S/C38H39N5O8S/c44-27-14-10-25(11-15-27)20-30-35(47)41-29(19-23-5-2-1-3-6-23)36(48)43-32(38(50)51)21-24-8-12-26(13-9-24)39-33(45)16-17-34(46)40-31(37(49)42-30)22-28-7-4-18-52-28/h1-15,18,29-32,44H,16-17,19-22H2,(H,39,45)(H,40,46)(H,41,47)(H,42,49)(H,43,48)(H,50,51)/t29-,30+,31-,32-/m1/s1. The lowest BCUT2D eigenvalue weighted by Gasteiger charge is -2.26. The fourth-order valence-electron chi connectivity index (χ4n) is 5.67. The average molecular weight is 726 g/mol. The highest BCUT2D eigenvalue weighted by Crippen LogP contribution is 2.16. The molecular formula is C38H39N5O8S. The highest BCUT2D eigenvalue weighted by molar-refractivity contribution is 7.09. The van der Waals surface area contributed by atoms with Gasteiger partial charge in [-0.3, -0.25) is 24.0 Å². The van der Waals surface area contributed by atoms with Gasteiger partial charge in [0.1, 0.15) is 29.9 Å². The largest absolute Gasteiger partial charge is 0.508 e. The number of carboxylic acid groups (broad SMARTS) is 1. The number of aliphatic carboxylic acids is 1. The van der Waals surface area contributed by atoms with Gasteiger partial charge in [0.2, 0.25) is 29.5 Å². The summed E-state index contributed by atoms with van der Waals surface area (Å²) in [6.45, 7) is 0. The lowest BCUT2D eigenvalue weighted by Crippen LogP contribution is -2.59. The molecule has 0 spiro atoms. The number of hydrogen-bond acceptors (Lipinski definition) is 8. The maximum absolute atomic E-state index is 14.1. The van der Waals surface area contributed by atoms with Gasteiger partial charge in [-0.2, -0.15) is 0 Å². The monoisotopic (exact) mass is 725 g/mol. The van der Waals surface area contributed by atoms with Crippen LogP contribution >= 0.6 is 11.3 Å². The second kappa shape index (κ2) is 17.8. The second-order valence-corrected chi connectivity index (χ2v) is 13.5.